The van der Waals surface area contributed by atoms with E-state index in [0.29, 0.717) is 11.8 Å². The number of H-pyrrole nitrogens is 1. The zero-order valence-electron chi connectivity index (χ0n) is 18.0. The lowest BCUT2D eigenvalue weighted by Gasteiger charge is -2.48. The van der Waals surface area contributed by atoms with Gasteiger partial charge in [0.2, 0.25) is 0 Å². The summed E-state index contributed by atoms with van der Waals surface area (Å²) in [6.07, 6.45) is 5.67. The number of aromatic nitrogens is 1. The van der Waals surface area contributed by atoms with Crippen molar-refractivity contribution in [3.05, 3.63) is 39.8 Å². The highest BCUT2D eigenvalue weighted by atomic mass is 16.5. The van der Waals surface area contributed by atoms with E-state index in [1.807, 2.05) is 6.92 Å². The summed E-state index contributed by atoms with van der Waals surface area (Å²) in [5, 5.41) is 32.2. The molecule has 0 radical (unpaired) electrons. The van der Waals surface area contributed by atoms with Crippen molar-refractivity contribution in [3.63, 3.8) is 0 Å². The van der Waals surface area contributed by atoms with Crippen molar-refractivity contribution >= 4 is 5.78 Å². The molecule has 3 aliphatic carbocycles. The van der Waals surface area contributed by atoms with Crippen molar-refractivity contribution in [3.8, 4) is 5.75 Å². The number of allylic oxidation sites excluding steroid dienone is 2. The number of ketones is 1. The highest BCUT2D eigenvalue weighted by Gasteiger charge is 2.56. The van der Waals surface area contributed by atoms with Crippen LogP contribution in [0.4, 0.5) is 0 Å². The first-order valence-electron chi connectivity index (χ1n) is 11.5. The third kappa shape index (κ3) is 3.04. The van der Waals surface area contributed by atoms with Crippen LogP contribution < -0.4 is 10.3 Å². The number of hydrogen-bond donors (Lipinski definition) is 4. The van der Waals surface area contributed by atoms with E-state index in [1.165, 1.54) is 6.20 Å². The van der Waals surface area contributed by atoms with Crippen molar-refractivity contribution in [2.45, 2.75) is 69.9 Å². The lowest BCUT2D eigenvalue weighted by Crippen LogP contribution is -2.61. The van der Waals surface area contributed by atoms with Crippen LogP contribution >= 0.6 is 0 Å². The zero-order chi connectivity index (χ0) is 22.1. The fraction of sp³-hybridized carbons (Fsp3) is 0.667. The Labute approximate surface area is 181 Å². The first kappa shape index (κ1) is 20.9. The number of carbonyl (C=O) groups excluding carboxylic acids is 1. The maximum atomic E-state index is 13.9. The number of ether oxygens (including phenoxy) is 1. The van der Waals surface area contributed by atoms with E-state index in [4.69, 9.17) is 4.74 Å². The quantitative estimate of drug-likeness (QED) is 0.421. The Morgan fingerprint density at radius 1 is 1.19 bits per heavy atom. The molecule has 1 aliphatic heterocycles. The molecule has 0 aromatic carbocycles. The number of Topliss-reactive ketones (excluding diaryl/α,β-unsaturated/α-hetero) is 1. The molecular formula is C24H31NO6. The second-order valence-corrected chi connectivity index (χ2v) is 10.2. The fourth-order valence-corrected chi connectivity index (χ4v) is 6.46. The van der Waals surface area contributed by atoms with Crippen LogP contribution in [0.2, 0.25) is 0 Å². The first-order chi connectivity index (χ1) is 14.7. The van der Waals surface area contributed by atoms with Crippen LogP contribution in [0.3, 0.4) is 0 Å². The summed E-state index contributed by atoms with van der Waals surface area (Å²) in [6.45, 7) is 4.24. The molecule has 2 heterocycles. The Morgan fingerprint density at radius 2 is 1.97 bits per heavy atom. The fourth-order valence-electron chi connectivity index (χ4n) is 6.46. The van der Waals surface area contributed by atoms with E-state index in [9.17, 15) is 24.9 Å². The Bertz CT molecular complexity index is 985. The molecular weight excluding hydrogens is 398 g/mol. The molecule has 1 aromatic heterocycles. The van der Waals surface area contributed by atoms with Gasteiger partial charge in [-0.05, 0) is 49.4 Å². The Morgan fingerprint density at radius 3 is 2.74 bits per heavy atom. The molecule has 0 spiro atoms. The van der Waals surface area contributed by atoms with Gasteiger partial charge in [-0.25, -0.2) is 0 Å². The summed E-state index contributed by atoms with van der Waals surface area (Å²) in [4.78, 5) is 29.4. The van der Waals surface area contributed by atoms with Gasteiger partial charge in [0, 0.05) is 17.7 Å². The molecule has 31 heavy (non-hydrogen) atoms. The van der Waals surface area contributed by atoms with Crippen LogP contribution in [0.5, 0.6) is 5.75 Å². The number of pyridine rings is 1. The van der Waals surface area contributed by atoms with Gasteiger partial charge in [0.05, 0.1) is 6.10 Å². The molecule has 0 saturated heterocycles. The lowest BCUT2D eigenvalue weighted by atomic mass is 9.61. The Kier molecular flexibility index (Phi) is 4.92. The SMILES string of the molecule is C[C@@H]1CC[C@H]2[C@H](C(=O)c3c4c(c[nH]c3=O)[C@@]3(O)CC[C@H](O)[C@H](O4)[C@@H]3O)[C@H](C)C=C[C@@H]2C1. The summed E-state index contributed by atoms with van der Waals surface area (Å²) >= 11 is 0. The van der Waals surface area contributed by atoms with E-state index >= 15 is 0 Å². The molecule has 5 rings (SSSR count). The van der Waals surface area contributed by atoms with Crippen molar-refractivity contribution < 1.29 is 24.9 Å². The minimum atomic E-state index is -1.67. The van der Waals surface area contributed by atoms with Gasteiger partial charge < -0.3 is 25.0 Å². The van der Waals surface area contributed by atoms with Crippen molar-refractivity contribution in [1.82, 2.24) is 4.98 Å². The number of carbonyl (C=O) groups is 1. The lowest BCUT2D eigenvalue weighted by molar-refractivity contribution is -0.197. The predicted octanol–water partition coefficient (Wildman–Crippen LogP) is 1.90. The average molecular weight is 430 g/mol. The number of nitrogens with one attached hydrogen (secondary N) is 1. The second-order valence-electron chi connectivity index (χ2n) is 10.2. The molecule has 4 N–H and O–H groups in total. The van der Waals surface area contributed by atoms with Crippen LogP contribution in [0.25, 0.3) is 0 Å². The van der Waals surface area contributed by atoms with Crippen LogP contribution in [0.15, 0.2) is 23.1 Å². The molecule has 0 unspecified atom stereocenters. The number of rotatable bonds is 2. The summed E-state index contributed by atoms with van der Waals surface area (Å²) < 4.78 is 5.89. The first-order valence-corrected chi connectivity index (χ1v) is 11.5. The normalized spacial score (nSPS) is 43.5. The maximum absolute atomic E-state index is 13.9. The van der Waals surface area contributed by atoms with Gasteiger partial charge in [0.1, 0.15) is 23.0 Å². The maximum Gasteiger partial charge on any atom is 0.262 e. The molecule has 4 aliphatic rings. The number of aliphatic hydroxyl groups is 3. The van der Waals surface area contributed by atoms with Gasteiger partial charge in [0.25, 0.3) is 5.56 Å². The minimum absolute atomic E-state index is 0.0141. The van der Waals surface area contributed by atoms with Crippen LogP contribution in [-0.4, -0.2) is 44.4 Å². The minimum Gasteiger partial charge on any atom is -0.483 e. The number of aromatic amines is 1. The topological polar surface area (TPSA) is 120 Å². The van der Waals surface area contributed by atoms with Gasteiger partial charge in [-0.2, -0.15) is 0 Å². The van der Waals surface area contributed by atoms with Crippen molar-refractivity contribution in [2.24, 2.45) is 29.6 Å². The molecule has 2 bridgehead atoms. The van der Waals surface area contributed by atoms with Gasteiger partial charge in [-0.3, -0.25) is 9.59 Å². The Hall–Kier alpha value is -1.96. The summed E-state index contributed by atoms with van der Waals surface area (Å²) in [6, 6.07) is 0. The van der Waals surface area contributed by atoms with Crippen LogP contribution in [0.1, 0.15) is 61.9 Å². The molecule has 1 aromatic rings. The third-order valence-electron chi connectivity index (χ3n) is 8.22. The van der Waals surface area contributed by atoms with E-state index in [2.05, 4.69) is 24.1 Å². The van der Waals surface area contributed by atoms with E-state index in [1.54, 1.807) is 0 Å². The molecule has 2 fully saturated rings. The van der Waals surface area contributed by atoms with Gasteiger partial charge in [-0.15, -0.1) is 0 Å². The molecule has 0 amide bonds. The standard InChI is InChI=1S/C24H31NO6/c1-11-3-6-14-13(9-11)5-4-12(2)17(14)19(27)18-20-15(10-25-23(18)29)24(30)8-7-16(26)21(31-20)22(24)28/h4-5,10-14,16-17,21-22,26,28,30H,3,6-9H2,1-2H3,(H,25,29)/t11-,12-,13-,14-,16+,17-,21+,22+,24+/m1/s1. The van der Waals surface area contributed by atoms with E-state index in [-0.39, 0.29) is 53.3 Å². The third-order valence-corrected chi connectivity index (χ3v) is 8.22. The predicted molar refractivity (Wildman–Crippen MR) is 113 cm³/mol. The van der Waals surface area contributed by atoms with E-state index in [0.717, 1.165) is 19.3 Å². The molecule has 7 heteroatoms. The number of hydrogen-bond acceptors (Lipinski definition) is 6. The number of aliphatic hydroxyl groups excluding tert-OH is 2. The molecule has 9 atom stereocenters. The summed E-state index contributed by atoms with van der Waals surface area (Å²) in [5.74, 6) is 0.495. The van der Waals surface area contributed by atoms with Gasteiger partial charge in [0.15, 0.2) is 11.9 Å². The van der Waals surface area contributed by atoms with Crippen molar-refractivity contribution in [1.29, 1.82) is 0 Å². The second kappa shape index (κ2) is 7.29. The van der Waals surface area contributed by atoms with Crippen molar-refractivity contribution in [2.75, 3.05) is 0 Å². The highest BCUT2D eigenvalue weighted by molar-refractivity contribution is 6.01. The summed E-state index contributed by atoms with van der Waals surface area (Å²) in [7, 11) is 0. The highest BCUT2D eigenvalue weighted by Crippen LogP contribution is 2.50. The van der Waals surface area contributed by atoms with Crippen LogP contribution in [-0.2, 0) is 5.60 Å². The van der Waals surface area contributed by atoms with Gasteiger partial charge >= 0.3 is 0 Å². The van der Waals surface area contributed by atoms with Crippen LogP contribution in [0, 0.1) is 29.6 Å². The molecule has 168 valence electrons. The monoisotopic (exact) mass is 429 g/mol. The average Bonchev–Trinajstić information content (AvgIpc) is 2.73. The van der Waals surface area contributed by atoms with E-state index < -0.39 is 29.5 Å². The number of fused-ring (bicyclic) bond motifs is 5. The largest absolute Gasteiger partial charge is 0.483 e. The Balaban J connectivity index is 1.60. The molecule has 7 nitrogen and oxygen atoms in total. The summed E-state index contributed by atoms with van der Waals surface area (Å²) in [5.41, 5.74) is -2.10. The van der Waals surface area contributed by atoms with Gasteiger partial charge in [-0.1, -0.05) is 32.4 Å². The zero-order valence-corrected chi connectivity index (χ0v) is 18.0. The molecule has 2 saturated carbocycles. The smallest absolute Gasteiger partial charge is 0.262 e.